The Hall–Kier alpha value is -2.28. The fraction of sp³-hybridized carbons (Fsp3) is 0.471. The molecule has 0 bridgehead atoms. The molecule has 2 saturated heterocycles. The Morgan fingerprint density at radius 3 is 2.67 bits per heavy atom. The molecule has 0 radical (unpaired) electrons. The molecule has 3 rings (SSSR count). The minimum Gasteiger partial charge on any atom is -0.464 e. The second-order valence-corrected chi connectivity index (χ2v) is 6.37. The molecular weight excluding hydrogens is 315 g/mol. The van der Waals surface area contributed by atoms with Crippen LogP contribution in [0.1, 0.15) is 24.9 Å². The van der Waals surface area contributed by atoms with Gasteiger partial charge in [-0.1, -0.05) is 19.1 Å². The predicted octanol–water partition coefficient (Wildman–Crippen LogP) is -0.00340. The maximum atomic E-state index is 13.6. The van der Waals surface area contributed by atoms with Gasteiger partial charge in [0.05, 0.1) is 7.11 Å². The van der Waals surface area contributed by atoms with Gasteiger partial charge in [0.25, 0.3) is 0 Å². The highest BCUT2D eigenvalue weighted by atomic mass is 19.1. The molecule has 24 heavy (non-hydrogen) atoms. The van der Waals surface area contributed by atoms with E-state index in [1.807, 2.05) is 0 Å². The van der Waals surface area contributed by atoms with Gasteiger partial charge in [-0.3, -0.25) is 14.5 Å². The van der Waals surface area contributed by atoms with Gasteiger partial charge in [0.1, 0.15) is 23.7 Å². The molecule has 2 aliphatic heterocycles. The standard InChI is InChI=1S/C17H19FN2O4/c1-4-17(16(23)24-3)12-11(14(21)20(2)15(12)22)13(19-17)9-6-5-7-10(18)8-9/h5-8,11-13,19H,4H2,1-3H3/p+1/t11-,12+,13-,17+/m0/s1. The van der Waals surface area contributed by atoms with Crippen molar-refractivity contribution in [3.63, 3.8) is 0 Å². The molecule has 128 valence electrons. The van der Waals surface area contributed by atoms with Gasteiger partial charge < -0.3 is 10.1 Å². The van der Waals surface area contributed by atoms with E-state index in [1.54, 1.807) is 24.4 Å². The summed E-state index contributed by atoms with van der Waals surface area (Å²) in [4.78, 5) is 38.8. The van der Waals surface area contributed by atoms with Crippen molar-refractivity contribution in [1.29, 1.82) is 0 Å². The largest absolute Gasteiger partial charge is 0.464 e. The van der Waals surface area contributed by atoms with Crippen LogP contribution in [0.4, 0.5) is 4.39 Å². The van der Waals surface area contributed by atoms with E-state index in [0.717, 1.165) is 4.90 Å². The molecule has 4 atom stereocenters. The molecule has 1 aromatic carbocycles. The number of halogens is 1. The number of esters is 1. The second kappa shape index (κ2) is 5.66. The van der Waals surface area contributed by atoms with Gasteiger partial charge in [0, 0.05) is 19.0 Å². The van der Waals surface area contributed by atoms with Crippen molar-refractivity contribution in [3.05, 3.63) is 35.6 Å². The molecule has 6 nitrogen and oxygen atoms in total. The fourth-order valence-corrected chi connectivity index (χ4v) is 4.15. The molecular formula is C17H20FN2O4+. The zero-order chi connectivity index (χ0) is 17.6. The van der Waals surface area contributed by atoms with Crippen LogP contribution >= 0.6 is 0 Å². The maximum absolute atomic E-state index is 13.6. The Morgan fingerprint density at radius 1 is 1.38 bits per heavy atom. The number of ether oxygens (including phenoxy) is 1. The van der Waals surface area contributed by atoms with E-state index < -0.39 is 35.2 Å². The number of nitrogens with zero attached hydrogens (tertiary/aromatic N) is 1. The Morgan fingerprint density at radius 2 is 2.08 bits per heavy atom. The summed E-state index contributed by atoms with van der Waals surface area (Å²) in [5.74, 6) is -3.18. The van der Waals surface area contributed by atoms with Crippen LogP contribution in [0.5, 0.6) is 0 Å². The highest BCUT2D eigenvalue weighted by Crippen LogP contribution is 2.45. The third-order valence-electron chi connectivity index (χ3n) is 5.37. The first-order chi connectivity index (χ1) is 11.4. The van der Waals surface area contributed by atoms with Crippen molar-refractivity contribution >= 4 is 17.8 Å². The average molecular weight is 335 g/mol. The smallest absolute Gasteiger partial charge is 0.368 e. The third kappa shape index (κ3) is 2.07. The summed E-state index contributed by atoms with van der Waals surface area (Å²) in [6, 6.07) is 5.42. The molecule has 0 aromatic heterocycles. The SMILES string of the molecule is CC[C@@]1(C(=O)OC)[NH2+][C@@H](c2cccc(F)c2)[C@H]2C(=O)N(C)C(=O)[C@@H]21. The van der Waals surface area contributed by atoms with E-state index in [0.29, 0.717) is 12.0 Å². The normalized spacial score (nSPS) is 32.2. The molecule has 0 spiro atoms. The quantitative estimate of drug-likeness (QED) is 0.623. The second-order valence-electron chi connectivity index (χ2n) is 6.37. The van der Waals surface area contributed by atoms with Crippen molar-refractivity contribution in [1.82, 2.24) is 4.90 Å². The minimum absolute atomic E-state index is 0.333. The van der Waals surface area contributed by atoms with Crippen molar-refractivity contribution in [3.8, 4) is 0 Å². The number of carbonyl (C=O) groups excluding carboxylic acids is 3. The van der Waals surface area contributed by atoms with Gasteiger partial charge in [-0.25, -0.2) is 9.18 Å². The molecule has 2 fully saturated rings. The number of likely N-dealkylation sites (tertiary alicyclic amines) is 1. The van der Waals surface area contributed by atoms with E-state index in [2.05, 4.69) is 0 Å². The van der Waals surface area contributed by atoms with E-state index in [4.69, 9.17) is 4.74 Å². The monoisotopic (exact) mass is 335 g/mol. The number of benzene rings is 1. The lowest BCUT2D eigenvalue weighted by Crippen LogP contribution is -2.98. The highest BCUT2D eigenvalue weighted by Gasteiger charge is 2.71. The van der Waals surface area contributed by atoms with Crippen LogP contribution in [0.2, 0.25) is 0 Å². The summed E-state index contributed by atoms with van der Waals surface area (Å²) >= 11 is 0. The van der Waals surface area contributed by atoms with Crippen LogP contribution in [0.25, 0.3) is 0 Å². The zero-order valence-corrected chi connectivity index (χ0v) is 13.8. The van der Waals surface area contributed by atoms with Crippen LogP contribution in [0.3, 0.4) is 0 Å². The molecule has 0 aliphatic carbocycles. The van der Waals surface area contributed by atoms with Crippen LogP contribution in [0, 0.1) is 17.7 Å². The van der Waals surface area contributed by atoms with Crippen molar-refractivity contribution < 1.29 is 28.8 Å². The minimum atomic E-state index is -1.17. The third-order valence-corrected chi connectivity index (χ3v) is 5.37. The number of carbonyl (C=O) groups is 3. The predicted molar refractivity (Wildman–Crippen MR) is 80.9 cm³/mol. The number of quaternary nitrogens is 1. The molecule has 7 heteroatoms. The summed E-state index contributed by atoms with van der Waals surface area (Å²) in [6.45, 7) is 1.79. The molecule has 2 heterocycles. The van der Waals surface area contributed by atoms with Gasteiger partial charge in [-0.05, 0) is 12.1 Å². The van der Waals surface area contributed by atoms with Crippen LogP contribution in [-0.4, -0.2) is 42.4 Å². The van der Waals surface area contributed by atoms with Gasteiger partial charge >= 0.3 is 5.97 Å². The van der Waals surface area contributed by atoms with Crippen LogP contribution in [0.15, 0.2) is 24.3 Å². The summed E-state index contributed by atoms with van der Waals surface area (Å²) < 4.78 is 18.6. The van der Waals surface area contributed by atoms with E-state index in [-0.39, 0.29) is 11.8 Å². The Labute approximate surface area is 139 Å². The lowest BCUT2D eigenvalue weighted by molar-refractivity contribution is -0.734. The topological polar surface area (TPSA) is 80.3 Å². The van der Waals surface area contributed by atoms with Gasteiger partial charge in [0.2, 0.25) is 17.4 Å². The number of nitrogens with two attached hydrogens (primary N) is 1. The molecule has 1 aromatic rings. The van der Waals surface area contributed by atoms with Gasteiger partial charge in [0.15, 0.2) is 0 Å². The summed E-state index contributed by atoms with van der Waals surface area (Å²) in [5, 5.41) is 1.71. The van der Waals surface area contributed by atoms with Crippen LogP contribution < -0.4 is 5.32 Å². The number of rotatable bonds is 3. The summed E-state index contributed by atoms with van der Waals surface area (Å²) in [6.07, 6.45) is 0.333. The maximum Gasteiger partial charge on any atom is 0.368 e. The van der Waals surface area contributed by atoms with Crippen LogP contribution in [-0.2, 0) is 19.1 Å². The molecule has 2 amide bonds. The summed E-state index contributed by atoms with van der Waals surface area (Å²) in [5.41, 5.74) is -0.589. The van der Waals surface area contributed by atoms with Crippen molar-refractivity contribution in [2.75, 3.05) is 14.2 Å². The average Bonchev–Trinajstić information content (AvgIpc) is 3.05. The van der Waals surface area contributed by atoms with Gasteiger partial charge in [-0.2, -0.15) is 0 Å². The fourth-order valence-electron chi connectivity index (χ4n) is 4.15. The van der Waals surface area contributed by atoms with E-state index in [9.17, 15) is 18.8 Å². The highest BCUT2D eigenvalue weighted by molar-refractivity contribution is 6.08. The molecule has 0 saturated carbocycles. The first kappa shape index (κ1) is 16.6. The first-order valence-corrected chi connectivity index (χ1v) is 7.88. The molecule has 0 unspecified atom stereocenters. The lowest BCUT2D eigenvalue weighted by Gasteiger charge is -2.27. The zero-order valence-electron chi connectivity index (χ0n) is 13.8. The Balaban J connectivity index is 2.14. The Kier molecular flexibility index (Phi) is 3.91. The number of hydrogen-bond donors (Lipinski definition) is 1. The number of amides is 2. The molecule has 2 aliphatic rings. The van der Waals surface area contributed by atoms with Crippen molar-refractivity contribution in [2.45, 2.75) is 24.9 Å². The van der Waals surface area contributed by atoms with E-state index >= 15 is 0 Å². The number of hydrogen-bond acceptors (Lipinski definition) is 4. The Bertz CT molecular complexity index is 722. The lowest BCUT2D eigenvalue weighted by atomic mass is 9.78. The first-order valence-electron chi connectivity index (χ1n) is 7.88. The number of methoxy groups -OCH3 is 1. The molecule has 2 N–H and O–H groups in total. The van der Waals surface area contributed by atoms with Gasteiger partial charge in [-0.15, -0.1) is 0 Å². The number of imide groups is 1. The summed E-state index contributed by atoms with van der Waals surface area (Å²) in [7, 11) is 2.69. The number of fused-ring (bicyclic) bond motifs is 1. The van der Waals surface area contributed by atoms with E-state index in [1.165, 1.54) is 26.3 Å². The van der Waals surface area contributed by atoms with Crippen molar-refractivity contribution in [2.24, 2.45) is 11.8 Å².